The van der Waals surface area contributed by atoms with E-state index < -0.39 is 48.9 Å². The van der Waals surface area contributed by atoms with Crippen LogP contribution in [0.4, 0.5) is 0 Å². The number of rotatable bonds is 7. The molecular formula is C8H14O9. The van der Waals surface area contributed by atoms with Crippen molar-refractivity contribution in [3.05, 3.63) is 0 Å². The summed E-state index contributed by atoms with van der Waals surface area (Å²) in [5, 5.41) is 62.2. The minimum absolute atomic E-state index is 0.937. The predicted molar refractivity (Wildman–Crippen MR) is 49.8 cm³/mol. The standard InChI is InChI=1S/C8H14O9/c9-1-2(10)3(11)4(12)5(13)6(14)7(15)8(16)17/h2-6,9-14H,1H2,(H,16,17)/t2?,3-,4-,5+,6+/m1/s1. The highest BCUT2D eigenvalue weighted by Gasteiger charge is 2.38. The van der Waals surface area contributed by atoms with Crippen molar-refractivity contribution in [2.75, 3.05) is 6.61 Å². The number of Topliss-reactive ketones (excluding diaryl/α,β-unsaturated/α-hetero) is 1. The topological polar surface area (TPSA) is 176 Å². The Kier molecular flexibility index (Phi) is 6.16. The van der Waals surface area contributed by atoms with Crippen molar-refractivity contribution in [3.8, 4) is 0 Å². The number of carbonyl (C=O) groups excluding carboxylic acids is 1. The number of carboxylic acids is 1. The molecule has 7 N–H and O–H groups in total. The van der Waals surface area contributed by atoms with Crippen LogP contribution in [0.2, 0.25) is 0 Å². The third-order valence-electron chi connectivity index (χ3n) is 2.08. The smallest absolute Gasteiger partial charge is 0.375 e. The van der Waals surface area contributed by atoms with E-state index in [1.807, 2.05) is 0 Å². The van der Waals surface area contributed by atoms with E-state index in [1.54, 1.807) is 0 Å². The van der Waals surface area contributed by atoms with E-state index in [0.29, 0.717) is 0 Å². The fourth-order valence-electron chi connectivity index (χ4n) is 1.01. The summed E-state index contributed by atoms with van der Waals surface area (Å²) >= 11 is 0. The molecule has 100 valence electrons. The lowest BCUT2D eigenvalue weighted by Gasteiger charge is -2.27. The van der Waals surface area contributed by atoms with Gasteiger partial charge in [0.05, 0.1) is 6.61 Å². The summed E-state index contributed by atoms with van der Waals surface area (Å²) in [5.41, 5.74) is 0. The van der Waals surface area contributed by atoms with E-state index in [9.17, 15) is 19.8 Å². The van der Waals surface area contributed by atoms with Gasteiger partial charge in [-0.2, -0.15) is 0 Å². The summed E-state index contributed by atoms with van der Waals surface area (Å²) < 4.78 is 0. The Bertz CT molecular complexity index is 278. The van der Waals surface area contributed by atoms with Crippen molar-refractivity contribution in [1.29, 1.82) is 0 Å². The number of carbonyl (C=O) groups is 2. The molecule has 0 amide bonds. The fourth-order valence-corrected chi connectivity index (χ4v) is 1.01. The Morgan fingerprint density at radius 3 is 1.71 bits per heavy atom. The van der Waals surface area contributed by atoms with Crippen molar-refractivity contribution >= 4 is 11.8 Å². The Balaban J connectivity index is 4.64. The van der Waals surface area contributed by atoms with Gasteiger partial charge in [0, 0.05) is 0 Å². The number of hydrogen-bond acceptors (Lipinski definition) is 8. The minimum Gasteiger partial charge on any atom is -0.475 e. The number of aliphatic hydroxyl groups excluding tert-OH is 6. The monoisotopic (exact) mass is 254 g/mol. The molecule has 0 heterocycles. The summed E-state index contributed by atoms with van der Waals surface area (Å²) in [5.74, 6) is -3.80. The second kappa shape index (κ2) is 6.59. The summed E-state index contributed by atoms with van der Waals surface area (Å²) in [6.45, 7) is -0.937. The second-order valence-corrected chi connectivity index (χ2v) is 3.34. The molecule has 5 atom stereocenters. The molecular weight excluding hydrogens is 240 g/mol. The second-order valence-electron chi connectivity index (χ2n) is 3.34. The van der Waals surface area contributed by atoms with E-state index in [0.717, 1.165) is 0 Å². The summed E-state index contributed by atoms with van der Waals surface area (Å²) in [6.07, 6.45) is -10.8. The van der Waals surface area contributed by atoms with Gasteiger partial charge in [-0.05, 0) is 0 Å². The number of ketones is 1. The molecule has 1 unspecified atom stereocenters. The van der Waals surface area contributed by atoms with Gasteiger partial charge >= 0.3 is 5.97 Å². The Morgan fingerprint density at radius 2 is 1.35 bits per heavy atom. The Labute approximate surface area is 95.2 Å². The van der Waals surface area contributed by atoms with Gasteiger partial charge in [0.15, 0.2) is 6.10 Å². The summed E-state index contributed by atoms with van der Waals surface area (Å²) in [7, 11) is 0. The Hall–Kier alpha value is -1.10. The first kappa shape index (κ1) is 15.9. The van der Waals surface area contributed by atoms with Crippen LogP contribution in [-0.4, -0.2) is 84.6 Å². The van der Waals surface area contributed by atoms with Gasteiger partial charge in [0.2, 0.25) is 0 Å². The van der Waals surface area contributed by atoms with Crippen LogP contribution >= 0.6 is 0 Å². The molecule has 0 rings (SSSR count). The van der Waals surface area contributed by atoms with Crippen LogP contribution in [0.25, 0.3) is 0 Å². The first-order chi connectivity index (χ1) is 7.73. The molecule has 0 aliphatic carbocycles. The largest absolute Gasteiger partial charge is 0.475 e. The quantitative estimate of drug-likeness (QED) is 0.220. The van der Waals surface area contributed by atoms with Gasteiger partial charge in [-0.1, -0.05) is 0 Å². The van der Waals surface area contributed by atoms with Crippen LogP contribution in [0, 0.1) is 0 Å². The number of aliphatic carboxylic acids is 1. The number of carboxylic acid groups (broad SMARTS) is 1. The van der Waals surface area contributed by atoms with Crippen molar-refractivity contribution in [3.63, 3.8) is 0 Å². The van der Waals surface area contributed by atoms with Gasteiger partial charge in [-0.3, -0.25) is 4.79 Å². The highest BCUT2D eigenvalue weighted by molar-refractivity contribution is 6.34. The molecule has 0 aromatic heterocycles. The highest BCUT2D eigenvalue weighted by atomic mass is 16.4. The zero-order chi connectivity index (χ0) is 13.7. The lowest BCUT2D eigenvalue weighted by Crippen LogP contribution is -2.52. The third kappa shape index (κ3) is 4.00. The molecule has 9 nitrogen and oxygen atoms in total. The molecule has 0 aliphatic heterocycles. The maximum Gasteiger partial charge on any atom is 0.375 e. The molecule has 0 bridgehead atoms. The van der Waals surface area contributed by atoms with Crippen LogP contribution < -0.4 is 0 Å². The molecule has 0 saturated carbocycles. The van der Waals surface area contributed by atoms with Gasteiger partial charge in [0.25, 0.3) is 5.78 Å². The van der Waals surface area contributed by atoms with Crippen LogP contribution in [0.5, 0.6) is 0 Å². The van der Waals surface area contributed by atoms with E-state index in [2.05, 4.69) is 0 Å². The molecule has 0 saturated heterocycles. The molecule has 9 heteroatoms. The summed E-state index contributed by atoms with van der Waals surface area (Å²) in [4.78, 5) is 20.9. The normalized spacial score (nSPS) is 20.1. The van der Waals surface area contributed by atoms with Crippen molar-refractivity contribution in [2.24, 2.45) is 0 Å². The number of hydrogen-bond donors (Lipinski definition) is 7. The minimum atomic E-state index is -2.46. The molecule has 17 heavy (non-hydrogen) atoms. The molecule has 0 spiro atoms. The fraction of sp³-hybridized carbons (Fsp3) is 0.750. The summed E-state index contributed by atoms with van der Waals surface area (Å²) in [6, 6.07) is 0. The number of aliphatic hydroxyl groups is 6. The molecule has 0 aromatic carbocycles. The third-order valence-corrected chi connectivity index (χ3v) is 2.08. The average Bonchev–Trinajstić information content (AvgIpc) is 2.32. The zero-order valence-electron chi connectivity index (χ0n) is 8.54. The van der Waals surface area contributed by atoms with Crippen LogP contribution in [0.1, 0.15) is 0 Å². The molecule has 0 aromatic rings. The maximum atomic E-state index is 10.7. The molecule has 0 radical (unpaired) electrons. The van der Waals surface area contributed by atoms with Gasteiger partial charge in [-0.15, -0.1) is 0 Å². The lowest BCUT2D eigenvalue weighted by atomic mass is 9.97. The van der Waals surface area contributed by atoms with Crippen LogP contribution in [0.15, 0.2) is 0 Å². The van der Waals surface area contributed by atoms with Crippen molar-refractivity contribution in [2.45, 2.75) is 30.5 Å². The highest BCUT2D eigenvalue weighted by Crippen LogP contribution is 2.09. The Morgan fingerprint density at radius 1 is 0.882 bits per heavy atom. The van der Waals surface area contributed by atoms with Crippen molar-refractivity contribution in [1.82, 2.24) is 0 Å². The lowest BCUT2D eigenvalue weighted by molar-refractivity contribution is -0.166. The maximum absolute atomic E-state index is 10.7. The van der Waals surface area contributed by atoms with Gasteiger partial charge < -0.3 is 35.7 Å². The molecule has 0 fully saturated rings. The van der Waals surface area contributed by atoms with E-state index in [4.69, 9.17) is 25.5 Å². The van der Waals surface area contributed by atoms with E-state index >= 15 is 0 Å². The first-order valence-corrected chi connectivity index (χ1v) is 4.52. The molecule has 0 aliphatic rings. The van der Waals surface area contributed by atoms with Crippen molar-refractivity contribution < 1.29 is 45.3 Å². The zero-order valence-corrected chi connectivity index (χ0v) is 8.54. The predicted octanol–water partition coefficient (Wildman–Crippen LogP) is -4.56. The first-order valence-electron chi connectivity index (χ1n) is 4.52. The van der Waals surface area contributed by atoms with Crippen LogP contribution in [-0.2, 0) is 9.59 Å². The van der Waals surface area contributed by atoms with Gasteiger partial charge in [0.1, 0.15) is 24.4 Å². The van der Waals surface area contributed by atoms with Gasteiger partial charge in [-0.25, -0.2) is 4.79 Å². The van der Waals surface area contributed by atoms with E-state index in [-0.39, 0.29) is 0 Å². The average molecular weight is 254 g/mol. The SMILES string of the molecule is O=C(O)C(=O)[C@@H](O)[C@@H](O)[C@H](O)[C@H](O)C(O)CO. The van der Waals surface area contributed by atoms with E-state index in [1.165, 1.54) is 0 Å². The van der Waals surface area contributed by atoms with Crippen LogP contribution in [0.3, 0.4) is 0 Å².